The molecule has 3 nitrogen and oxygen atoms in total. The quantitative estimate of drug-likeness (QED) is 0.882. The van der Waals surface area contributed by atoms with Crippen LogP contribution in [0.2, 0.25) is 0 Å². The van der Waals surface area contributed by atoms with Crippen LogP contribution in [0.4, 0.5) is 8.78 Å². The number of rotatable bonds is 6. The smallest absolute Gasteiger partial charge is 0.126 e. The van der Waals surface area contributed by atoms with Crippen molar-refractivity contribution in [2.45, 2.75) is 25.8 Å². The van der Waals surface area contributed by atoms with E-state index in [-0.39, 0.29) is 6.04 Å². The van der Waals surface area contributed by atoms with Crippen molar-refractivity contribution in [3.05, 3.63) is 59.7 Å². The van der Waals surface area contributed by atoms with E-state index in [0.717, 1.165) is 30.7 Å². The molecular formula is C15H17F2N3. The first-order valence-corrected chi connectivity index (χ1v) is 6.63. The maximum Gasteiger partial charge on any atom is 0.126 e. The number of nitrogens with one attached hydrogen (secondary N) is 1. The van der Waals surface area contributed by atoms with Crippen LogP contribution in [0.3, 0.4) is 0 Å². The van der Waals surface area contributed by atoms with Gasteiger partial charge in [-0.25, -0.2) is 18.7 Å². The molecule has 0 aliphatic carbocycles. The van der Waals surface area contributed by atoms with E-state index in [1.54, 1.807) is 12.4 Å². The minimum absolute atomic E-state index is 0.132. The maximum absolute atomic E-state index is 13.7. The fourth-order valence-electron chi connectivity index (χ4n) is 2.04. The Kier molecular flexibility index (Phi) is 5.12. The second-order valence-corrected chi connectivity index (χ2v) is 4.62. The van der Waals surface area contributed by atoms with Crippen LogP contribution in [-0.2, 0) is 6.42 Å². The molecule has 106 valence electrons. The van der Waals surface area contributed by atoms with E-state index in [1.807, 2.05) is 6.92 Å². The predicted molar refractivity (Wildman–Crippen MR) is 73.1 cm³/mol. The van der Waals surface area contributed by atoms with Crippen molar-refractivity contribution in [1.82, 2.24) is 15.3 Å². The van der Waals surface area contributed by atoms with Crippen molar-refractivity contribution in [1.29, 1.82) is 0 Å². The van der Waals surface area contributed by atoms with Crippen LogP contribution >= 0.6 is 0 Å². The highest BCUT2D eigenvalue weighted by atomic mass is 19.1. The normalized spacial score (nSPS) is 12.3. The lowest BCUT2D eigenvalue weighted by Gasteiger charge is -2.18. The summed E-state index contributed by atoms with van der Waals surface area (Å²) in [5.41, 5.74) is 1.21. The second-order valence-electron chi connectivity index (χ2n) is 4.62. The molecule has 0 radical (unpaired) electrons. The Bertz CT molecular complexity index is 546. The molecular weight excluding hydrogens is 260 g/mol. The Morgan fingerprint density at radius 3 is 2.65 bits per heavy atom. The molecule has 0 aliphatic heterocycles. The van der Waals surface area contributed by atoms with E-state index in [1.165, 1.54) is 12.4 Å². The topological polar surface area (TPSA) is 37.8 Å². The first-order chi connectivity index (χ1) is 9.70. The van der Waals surface area contributed by atoms with Gasteiger partial charge in [0, 0.05) is 24.0 Å². The number of benzene rings is 1. The monoisotopic (exact) mass is 277 g/mol. The molecule has 0 aliphatic rings. The van der Waals surface area contributed by atoms with Crippen molar-refractivity contribution in [3.63, 3.8) is 0 Å². The Hall–Kier alpha value is -1.88. The van der Waals surface area contributed by atoms with Crippen molar-refractivity contribution in [3.8, 4) is 0 Å². The number of hydrogen-bond acceptors (Lipinski definition) is 3. The molecule has 1 unspecified atom stereocenters. The van der Waals surface area contributed by atoms with Gasteiger partial charge in [-0.3, -0.25) is 0 Å². The average molecular weight is 277 g/mol. The van der Waals surface area contributed by atoms with Gasteiger partial charge in [0.25, 0.3) is 0 Å². The van der Waals surface area contributed by atoms with E-state index in [9.17, 15) is 8.78 Å². The molecule has 0 fully saturated rings. The molecule has 0 amide bonds. The highest BCUT2D eigenvalue weighted by Gasteiger charge is 2.15. The van der Waals surface area contributed by atoms with E-state index in [0.29, 0.717) is 12.0 Å². The third-order valence-corrected chi connectivity index (χ3v) is 3.06. The fourth-order valence-corrected chi connectivity index (χ4v) is 2.04. The molecule has 2 aromatic rings. The lowest BCUT2D eigenvalue weighted by molar-refractivity contribution is 0.506. The van der Waals surface area contributed by atoms with Gasteiger partial charge in [-0.1, -0.05) is 6.92 Å². The van der Waals surface area contributed by atoms with Gasteiger partial charge in [0.2, 0.25) is 0 Å². The molecule has 0 saturated carbocycles. The lowest BCUT2D eigenvalue weighted by Crippen LogP contribution is -2.24. The Balaban J connectivity index is 2.21. The molecule has 1 atom stereocenters. The molecule has 5 heteroatoms. The Morgan fingerprint density at radius 2 is 1.95 bits per heavy atom. The summed E-state index contributed by atoms with van der Waals surface area (Å²) >= 11 is 0. The molecule has 0 saturated heterocycles. The van der Waals surface area contributed by atoms with Gasteiger partial charge in [-0.15, -0.1) is 0 Å². The summed E-state index contributed by atoms with van der Waals surface area (Å²) < 4.78 is 27.0. The van der Waals surface area contributed by atoms with Gasteiger partial charge in [0.1, 0.15) is 18.0 Å². The highest BCUT2D eigenvalue weighted by Crippen LogP contribution is 2.20. The van der Waals surface area contributed by atoms with Crippen LogP contribution < -0.4 is 5.32 Å². The van der Waals surface area contributed by atoms with Crippen molar-refractivity contribution >= 4 is 0 Å². The van der Waals surface area contributed by atoms with Gasteiger partial charge in [-0.05, 0) is 43.1 Å². The zero-order chi connectivity index (χ0) is 14.4. The predicted octanol–water partition coefficient (Wildman–Crippen LogP) is 3.04. The van der Waals surface area contributed by atoms with Crippen molar-refractivity contribution < 1.29 is 8.78 Å². The second kappa shape index (κ2) is 7.05. The minimum Gasteiger partial charge on any atom is -0.310 e. The van der Waals surface area contributed by atoms with Gasteiger partial charge < -0.3 is 5.32 Å². The number of hydrogen-bond donors (Lipinski definition) is 1. The largest absolute Gasteiger partial charge is 0.310 e. The third-order valence-electron chi connectivity index (χ3n) is 3.06. The zero-order valence-electron chi connectivity index (χ0n) is 11.3. The Morgan fingerprint density at radius 1 is 1.20 bits per heavy atom. The van der Waals surface area contributed by atoms with Gasteiger partial charge in [-0.2, -0.15) is 0 Å². The number of nitrogens with zero attached hydrogens (tertiary/aromatic N) is 2. The van der Waals surface area contributed by atoms with Gasteiger partial charge in [0.15, 0.2) is 0 Å². The number of halogens is 2. The fraction of sp³-hybridized carbons (Fsp3) is 0.333. The van der Waals surface area contributed by atoms with Gasteiger partial charge >= 0.3 is 0 Å². The van der Waals surface area contributed by atoms with Crippen LogP contribution in [0.25, 0.3) is 0 Å². The molecule has 0 bridgehead atoms. The summed E-state index contributed by atoms with van der Waals surface area (Å²) in [5, 5.41) is 3.31. The SMILES string of the molecule is CCCNC(Cc1cc(F)ccc1F)c1cncnc1. The minimum atomic E-state index is -0.431. The molecule has 1 heterocycles. The van der Waals surface area contributed by atoms with Crippen LogP contribution in [0.5, 0.6) is 0 Å². The third kappa shape index (κ3) is 3.81. The van der Waals surface area contributed by atoms with Gasteiger partial charge in [0.05, 0.1) is 0 Å². The first-order valence-electron chi connectivity index (χ1n) is 6.63. The van der Waals surface area contributed by atoms with E-state index in [2.05, 4.69) is 15.3 Å². The zero-order valence-corrected chi connectivity index (χ0v) is 11.3. The van der Waals surface area contributed by atoms with Crippen LogP contribution in [0.15, 0.2) is 36.9 Å². The first kappa shape index (κ1) is 14.5. The van der Waals surface area contributed by atoms with Crippen LogP contribution in [0, 0.1) is 11.6 Å². The summed E-state index contributed by atoms with van der Waals surface area (Å²) in [6, 6.07) is 3.38. The standard InChI is InChI=1S/C15H17F2N3/c1-2-5-20-15(12-8-18-10-19-9-12)7-11-6-13(16)3-4-14(11)17/h3-4,6,8-10,15,20H,2,5,7H2,1H3. The summed E-state index contributed by atoms with van der Waals surface area (Å²) in [5.74, 6) is -0.827. The van der Waals surface area contributed by atoms with E-state index in [4.69, 9.17) is 0 Å². The molecule has 20 heavy (non-hydrogen) atoms. The van der Waals surface area contributed by atoms with Crippen molar-refractivity contribution in [2.75, 3.05) is 6.54 Å². The van der Waals surface area contributed by atoms with E-state index >= 15 is 0 Å². The molecule has 1 aromatic carbocycles. The van der Waals surface area contributed by atoms with E-state index < -0.39 is 11.6 Å². The summed E-state index contributed by atoms with van der Waals surface area (Å²) in [7, 11) is 0. The number of aromatic nitrogens is 2. The molecule has 1 N–H and O–H groups in total. The summed E-state index contributed by atoms with van der Waals surface area (Å²) in [6.45, 7) is 2.84. The lowest BCUT2D eigenvalue weighted by atomic mass is 10.0. The van der Waals surface area contributed by atoms with Crippen molar-refractivity contribution in [2.24, 2.45) is 0 Å². The maximum atomic E-state index is 13.7. The average Bonchev–Trinajstić information content (AvgIpc) is 2.48. The summed E-state index contributed by atoms with van der Waals surface area (Å²) in [4.78, 5) is 7.95. The molecule has 2 rings (SSSR count). The Labute approximate surface area is 117 Å². The highest BCUT2D eigenvalue weighted by molar-refractivity contribution is 5.22. The van der Waals surface area contributed by atoms with Crippen LogP contribution in [0.1, 0.15) is 30.5 Å². The summed E-state index contributed by atoms with van der Waals surface area (Å²) in [6.07, 6.45) is 6.14. The molecule has 1 aromatic heterocycles. The van der Waals surface area contributed by atoms with Crippen LogP contribution in [-0.4, -0.2) is 16.5 Å². The molecule has 0 spiro atoms.